The van der Waals surface area contributed by atoms with Gasteiger partial charge in [-0.3, -0.25) is 0 Å². The largest absolute Gasteiger partial charge is 0.198 e. The van der Waals surface area contributed by atoms with Crippen LogP contribution >= 0.6 is 0 Å². The predicted octanol–water partition coefficient (Wildman–Crippen LogP) is 1.32. The first-order valence-corrected chi connectivity index (χ1v) is 3.20. The van der Waals surface area contributed by atoms with E-state index in [1.54, 1.807) is 6.20 Å². The summed E-state index contributed by atoms with van der Waals surface area (Å²) in [6.45, 7) is 4.28. The lowest BCUT2D eigenvalue weighted by Gasteiger charge is -1.99. The molecule has 3 nitrogen and oxygen atoms in total. The van der Waals surface area contributed by atoms with E-state index in [0.29, 0.717) is 5.92 Å². The molecule has 0 aliphatic carbocycles. The highest BCUT2D eigenvalue weighted by atomic mass is 15.3. The molecule has 1 rings (SSSR count). The van der Waals surface area contributed by atoms with Crippen LogP contribution in [0.4, 0.5) is 0 Å². The number of H-pyrrole nitrogens is 1. The van der Waals surface area contributed by atoms with Gasteiger partial charge < -0.3 is 0 Å². The van der Waals surface area contributed by atoms with Crippen LogP contribution in [-0.4, -0.2) is 15.4 Å². The van der Waals surface area contributed by atoms with Crippen LogP contribution in [0.2, 0.25) is 0 Å². The van der Waals surface area contributed by atoms with Gasteiger partial charge in [-0.1, -0.05) is 13.8 Å². The van der Waals surface area contributed by atoms with E-state index in [2.05, 4.69) is 29.3 Å². The van der Waals surface area contributed by atoms with Gasteiger partial charge in [0.05, 0.1) is 11.9 Å². The SMILES string of the molecule is CC[C@H](C)c1cn[nH]n1. The third-order valence-corrected chi connectivity index (χ3v) is 1.55. The van der Waals surface area contributed by atoms with Crippen molar-refractivity contribution in [1.29, 1.82) is 0 Å². The van der Waals surface area contributed by atoms with Crippen molar-refractivity contribution in [3.63, 3.8) is 0 Å². The molecule has 0 saturated heterocycles. The van der Waals surface area contributed by atoms with Crippen LogP contribution in [0.1, 0.15) is 31.9 Å². The first-order chi connectivity index (χ1) is 4.34. The van der Waals surface area contributed by atoms with E-state index in [1.807, 2.05) is 0 Å². The number of nitrogens with zero attached hydrogens (tertiary/aromatic N) is 2. The lowest BCUT2D eigenvalue weighted by Crippen LogP contribution is -1.90. The zero-order chi connectivity index (χ0) is 6.69. The minimum absolute atomic E-state index is 0.531. The zero-order valence-electron chi connectivity index (χ0n) is 5.76. The van der Waals surface area contributed by atoms with Gasteiger partial charge in [0.25, 0.3) is 0 Å². The van der Waals surface area contributed by atoms with Crippen molar-refractivity contribution in [2.45, 2.75) is 26.2 Å². The summed E-state index contributed by atoms with van der Waals surface area (Å²) in [4.78, 5) is 0. The summed E-state index contributed by atoms with van der Waals surface area (Å²) in [5.74, 6) is 0.531. The lowest BCUT2D eigenvalue weighted by atomic mass is 10.1. The van der Waals surface area contributed by atoms with Crippen LogP contribution in [0.3, 0.4) is 0 Å². The molecule has 0 fully saturated rings. The minimum Gasteiger partial charge on any atom is -0.198 e. The van der Waals surface area contributed by atoms with E-state index in [1.165, 1.54) is 0 Å². The fourth-order valence-electron chi connectivity index (χ4n) is 0.657. The monoisotopic (exact) mass is 125 g/mol. The second-order valence-corrected chi connectivity index (χ2v) is 2.20. The summed E-state index contributed by atoms with van der Waals surface area (Å²) in [6.07, 6.45) is 2.89. The zero-order valence-corrected chi connectivity index (χ0v) is 5.76. The second kappa shape index (κ2) is 2.62. The summed E-state index contributed by atoms with van der Waals surface area (Å²) >= 11 is 0. The van der Waals surface area contributed by atoms with Gasteiger partial charge in [0.2, 0.25) is 0 Å². The van der Waals surface area contributed by atoms with Gasteiger partial charge in [-0.15, -0.1) is 0 Å². The van der Waals surface area contributed by atoms with E-state index >= 15 is 0 Å². The normalized spacial score (nSPS) is 13.6. The molecule has 0 bridgehead atoms. The molecule has 0 amide bonds. The number of hydrogen-bond donors (Lipinski definition) is 1. The molecule has 0 aliphatic rings. The minimum atomic E-state index is 0.531. The molecule has 0 aromatic carbocycles. The fraction of sp³-hybridized carbons (Fsp3) is 0.667. The summed E-state index contributed by atoms with van der Waals surface area (Å²) in [5.41, 5.74) is 1.05. The molecule has 50 valence electrons. The Kier molecular flexibility index (Phi) is 1.82. The second-order valence-electron chi connectivity index (χ2n) is 2.20. The van der Waals surface area contributed by atoms with E-state index in [-0.39, 0.29) is 0 Å². The van der Waals surface area contributed by atoms with Gasteiger partial charge in [0.15, 0.2) is 0 Å². The van der Waals surface area contributed by atoms with E-state index in [4.69, 9.17) is 0 Å². The van der Waals surface area contributed by atoms with Crippen molar-refractivity contribution >= 4 is 0 Å². The van der Waals surface area contributed by atoms with Crippen LogP contribution in [0, 0.1) is 0 Å². The van der Waals surface area contributed by atoms with Crippen molar-refractivity contribution in [2.24, 2.45) is 0 Å². The smallest absolute Gasteiger partial charge is 0.0852 e. The van der Waals surface area contributed by atoms with Crippen LogP contribution in [0.15, 0.2) is 6.20 Å². The molecule has 0 radical (unpaired) electrons. The Labute approximate surface area is 54.5 Å². The van der Waals surface area contributed by atoms with Crippen molar-refractivity contribution < 1.29 is 0 Å². The predicted molar refractivity (Wildman–Crippen MR) is 35.1 cm³/mol. The highest BCUT2D eigenvalue weighted by molar-refractivity contribution is 4.97. The average Bonchev–Trinajstić information content (AvgIpc) is 2.37. The van der Waals surface area contributed by atoms with Gasteiger partial charge in [-0.25, -0.2) is 0 Å². The Hall–Kier alpha value is -0.860. The third-order valence-electron chi connectivity index (χ3n) is 1.55. The maximum absolute atomic E-state index is 3.95. The quantitative estimate of drug-likeness (QED) is 0.647. The first-order valence-electron chi connectivity index (χ1n) is 3.20. The van der Waals surface area contributed by atoms with Gasteiger partial charge in [0.1, 0.15) is 0 Å². The Morgan fingerprint density at radius 1 is 1.78 bits per heavy atom. The first kappa shape index (κ1) is 6.26. The Balaban J connectivity index is 2.65. The maximum atomic E-state index is 3.95. The maximum Gasteiger partial charge on any atom is 0.0852 e. The Bertz CT molecular complexity index is 157. The molecule has 0 saturated carbocycles. The van der Waals surface area contributed by atoms with Gasteiger partial charge in [0, 0.05) is 5.92 Å². The topological polar surface area (TPSA) is 41.6 Å². The van der Waals surface area contributed by atoms with Crippen LogP contribution in [0.5, 0.6) is 0 Å². The molecule has 0 aliphatic heterocycles. The number of nitrogens with one attached hydrogen (secondary N) is 1. The number of aromatic amines is 1. The summed E-state index contributed by atoms with van der Waals surface area (Å²) in [5, 5.41) is 10.3. The molecule has 1 atom stereocenters. The number of aromatic nitrogens is 3. The number of hydrogen-bond acceptors (Lipinski definition) is 2. The van der Waals surface area contributed by atoms with Crippen LogP contribution < -0.4 is 0 Å². The summed E-state index contributed by atoms with van der Waals surface area (Å²) < 4.78 is 0. The highest BCUT2D eigenvalue weighted by Crippen LogP contribution is 2.12. The molecular weight excluding hydrogens is 114 g/mol. The highest BCUT2D eigenvalue weighted by Gasteiger charge is 2.03. The van der Waals surface area contributed by atoms with E-state index in [0.717, 1.165) is 12.1 Å². The fourth-order valence-corrected chi connectivity index (χ4v) is 0.657. The van der Waals surface area contributed by atoms with Crippen LogP contribution in [0.25, 0.3) is 0 Å². The standard InChI is InChI=1S/C6H11N3/c1-3-5(2)6-4-7-9-8-6/h4-5H,3H2,1-2H3,(H,7,8,9)/t5-/m0/s1. The Morgan fingerprint density at radius 2 is 2.56 bits per heavy atom. The van der Waals surface area contributed by atoms with Gasteiger partial charge >= 0.3 is 0 Å². The molecule has 1 heterocycles. The lowest BCUT2D eigenvalue weighted by molar-refractivity contribution is 0.702. The molecule has 1 N–H and O–H groups in total. The molecule has 1 aromatic rings. The van der Waals surface area contributed by atoms with Crippen molar-refractivity contribution in [1.82, 2.24) is 15.4 Å². The average molecular weight is 125 g/mol. The molecule has 9 heavy (non-hydrogen) atoms. The molecule has 0 unspecified atom stereocenters. The third kappa shape index (κ3) is 1.28. The van der Waals surface area contributed by atoms with Crippen molar-refractivity contribution in [3.8, 4) is 0 Å². The van der Waals surface area contributed by atoms with Crippen molar-refractivity contribution in [2.75, 3.05) is 0 Å². The molecular formula is C6H11N3. The number of rotatable bonds is 2. The summed E-state index contributed by atoms with van der Waals surface area (Å²) in [7, 11) is 0. The molecule has 0 spiro atoms. The van der Waals surface area contributed by atoms with Gasteiger partial charge in [-0.2, -0.15) is 15.4 Å². The molecule has 3 heteroatoms. The van der Waals surface area contributed by atoms with Crippen LogP contribution in [-0.2, 0) is 0 Å². The summed E-state index contributed by atoms with van der Waals surface area (Å²) in [6, 6.07) is 0. The van der Waals surface area contributed by atoms with Crippen molar-refractivity contribution in [3.05, 3.63) is 11.9 Å². The van der Waals surface area contributed by atoms with E-state index < -0.39 is 0 Å². The van der Waals surface area contributed by atoms with E-state index in [9.17, 15) is 0 Å². The molecule has 1 aromatic heterocycles. The Morgan fingerprint density at radius 3 is 3.00 bits per heavy atom. The van der Waals surface area contributed by atoms with Gasteiger partial charge in [-0.05, 0) is 6.42 Å².